The first-order valence-electron chi connectivity index (χ1n) is 7.56. The number of anilines is 1. The predicted molar refractivity (Wildman–Crippen MR) is 91.4 cm³/mol. The smallest absolute Gasteiger partial charge is 0.319 e. The average molecular weight is 329 g/mol. The number of hydrogen-bond acceptors (Lipinski definition) is 3. The van der Waals surface area contributed by atoms with Gasteiger partial charge in [-0.3, -0.25) is 4.79 Å². The molecule has 2 heterocycles. The second-order valence-corrected chi connectivity index (χ2v) is 6.59. The highest BCUT2D eigenvalue weighted by Gasteiger charge is 2.18. The molecule has 0 spiro atoms. The second kappa shape index (κ2) is 6.83. The Bertz CT molecular complexity index is 713. The summed E-state index contributed by atoms with van der Waals surface area (Å²) in [4.78, 5) is 26.4. The molecule has 6 heteroatoms. The van der Waals surface area contributed by atoms with Gasteiger partial charge in [-0.1, -0.05) is 12.1 Å². The number of rotatable bonds is 3. The summed E-state index contributed by atoms with van der Waals surface area (Å²) in [5, 5.41) is 7.67. The van der Waals surface area contributed by atoms with Crippen molar-refractivity contribution in [2.75, 3.05) is 11.9 Å². The van der Waals surface area contributed by atoms with Gasteiger partial charge in [0.25, 0.3) is 0 Å². The predicted octanol–water partition coefficient (Wildman–Crippen LogP) is 2.97. The molecule has 3 amide bonds. The topological polar surface area (TPSA) is 61.4 Å². The van der Waals surface area contributed by atoms with Crippen LogP contribution in [-0.4, -0.2) is 23.4 Å². The van der Waals surface area contributed by atoms with E-state index in [9.17, 15) is 9.59 Å². The van der Waals surface area contributed by atoms with Crippen molar-refractivity contribution < 1.29 is 9.59 Å². The SMILES string of the molecule is CC(=O)N1CCc2ccc(NC(=O)NCc3cccs3)cc2C1. The van der Waals surface area contributed by atoms with E-state index in [0.29, 0.717) is 13.1 Å². The number of urea groups is 1. The highest BCUT2D eigenvalue weighted by atomic mass is 32.1. The third kappa shape index (κ3) is 3.90. The first-order chi connectivity index (χ1) is 11.1. The first kappa shape index (κ1) is 15.6. The molecule has 0 unspecified atom stereocenters. The number of nitrogens with one attached hydrogen (secondary N) is 2. The summed E-state index contributed by atoms with van der Waals surface area (Å²) in [5.74, 6) is 0.0858. The van der Waals surface area contributed by atoms with Gasteiger partial charge in [-0.2, -0.15) is 0 Å². The molecule has 0 fully saturated rings. The maximum absolute atomic E-state index is 12.0. The molecule has 1 aliphatic rings. The number of carbonyl (C=O) groups is 2. The highest BCUT2D eigenvalue weighted by Crippen LogP contribution is 2.22. The number of benzene rings is 1. The van der Waals surface area contributed by atoms with E-state index < -0.39 is 0 Å². The fraction of sp³-hybridized carbons (Fsp3) is 0.294. The van der Waals surface area contributed by atoms with Gasteiger partial charge in [0, 0.05) is 30.6 Å². The molecule has 0 saturated heterocycles. The van der Waals surface area contributed by atoms with Crippen LogP contribution < -0.4 is 10.6 Å². The molecule has 0 radical (unpaired) electrons. The van der Waals surface area contributed by atoms with Gasteiger partial charge in [0.1, 0.15) is 0 Å². The monoisotopic (exact) mass is 329 g/mol. The lowest BCUT2D eigenvalue weighted by Gasteiger charge is -2.28. The zero-order valence-corrected chi connectivity index (χ0v) is 13.8. The Kier molecular flexibility index (Phi) is 4.62. The van der Waals surface area contributed by atoms with Crippen LogP contribution >= 0.6 is 11.3 Å². The molecule has 5 nitrogen and oxygen atoms in total. The summed E-state index contributed by atoms with van der Waals surface area (Å²) in [6.07, 6.45) is 0.861. The number of fused-ring (bicyclic) bond motifs is 1. The van der Waals surface area contributed by atoms with Crippen LogP contribution in [0, 0.1) is 0 Å². The molecular formula is C17H19N3O2S. The summed E-state index contributed by atoms with van der Waals surface area (Å²) in [6, 6.07) is 9.62. The summed E-state index contributed by atoms with van der Waals surface area (Å²) in [6.45, 7) is 3.48. The minimum atomic E-state index is -0.224. The van der Waals surface area contributed by atoms with Gasteiger partial charge in [0.05, 0.1) is 6.54 Å². The third-order valence-corrected chi connectivity index (χ3v) is 4.80. The molecule has 1 aliphatic heterocycles. The van der Waals surface area contributed by atoms with Crippen molar-refractivity contribution in [1.29, 1.82) is 0 Å². The Labute approximate surface area is 139 Å². The van der Waals surface area contributed by atoms with Gasteiger partial charge in [-0.05, 0) is 41.1 Å². The van der Waals surface area contributed by atoms with Crippen molar-refractivity contribution in [2.45, 2.75) is 26.4 Å². The zero-order valence-electron chi connectivity index (χ0n) is 13.0. The summed E-state index contributed by atoms with van der Waals surface area (Å²) >= 11 is 1.61. The standard InChI is InChI=1S/C17H19N3O2S/c1-12(21)20-7-6-13-4-5-15(9-14(13)11-20)19-17(22)18-10-16-3-2-8-23-16/h2-5,8-9H,6-7,10-11H2,1H3,(H2,18,19,22). The van der Waals surface area contributed by atoms with E-state index in [-0.39, 0.29) is 11.9 Å². The van der Waals surface area contributed by atoms with Crippen LogP contribution in [0.2, 0.25) is 0 Å². The van der Waals surface area contributed by atoms with Crippen LogP contribution in [0.1, 0.15) is 22.9 Å². The molecule has 1 aromatic carbocycles. The van der Waals surface area contributed by atoms with Gasteiger partial charge >= 0.3 is 6.03 Å². The van der Waals surface area contributed by atoms with Crippen molar-refractivity contribution in [3.05, 3.63) is 51.7 Å². The van der Waals surface area contributed by atoms with Crippen LogP contribution in [0.5, 0.6) is 0 Å². The number of hydrogen-bond donors (Lipinski definition) is 2. The van der Waals surface area contributed by atoms with Gasteiger partial charge in [-0.25, -0.2) is 4.79 Å². The van der Waals surface area contributed by atoms with E-state index in [0.717, 1.165) is 29.1 Å². The number of nitrogens with zero attached hydrogens (tertiary/aromatic N) is 1. The zero-order chi connectivity index (χ0) is 16.2. The highest BCUT2D eigenvalue weighted by molar-refractivity contribution is 7.09. The molecule has 3 rings (SSSR count). The molecule has 0 aliphatic carbocycles. The number of thiophene rings is 1. The Hall–Kier alpha value is -2.34. The van der Waals surface area contributed by atoms with E-state index >= 15 is 0 Å². The summed E-state index contributed by atoms with van der Waals surface area (Å²) < 4.78 is 0. The molecule has 2 aromatic rings. The molecular weight excluding hydrogens is 310 g/mol. The Morgan fingerprint density at radius 1 is 1.26 bits per heavy atom. The molecule has 1 aromatic heterocycles. The molecule has 0 bridgehead atoms. The molecule has 23 heavy (non-hydrogen) atoms. The lowest BCUT2D eigenvalue weighted by molar-refractivity contribution is -0.129. The van der Waals surface area contributed by atoms with Crippen molar-refractivity contribution in [2.24, 2.45) is 0 Å². The third-order valence-electron chi connectivity index (χ3n) is 3.93. The van der Waals surface area contributed by atoms with Crippen LogP contribution in [0.15, 0.2) is 35.7 Å². The van der Waals surface area contributed by atoms with Crippen LogP contribution in [0.25, 0.3) is 0 Å². The van der Waals surface area contributed by atoms with Crippen LogP contribution in [-0.2, 0) is 24.3 Å². The summed E-state index contributed by atoms with van der Waals surface area (Å²) in [5.41, 5.74) is 3.09. The Balaban J connectivity index is 1.61. The molecule has 0 saturated carbocycles. The molecule has 2 N–H and O–H groups in total. The Morgan fingerprint density at radius 3 is 2.87 bits per heavy atom. The fourth-order valence-corrected chi connectivity index (χ4v) is 3.30. The summed E-state index contributed by atoms with van der Waals surface area (Å²) in [7, 11) is 0. The van der Waals surface area contributed by atoms with E-state index in [2.05, 4.69) is 10.6 Å². The average Bonchev–Trinajstić information content (AvgIpc) is 3.05. The Morgan fingerprint density at radius 2 is 2.13 bits per heavy atom. The minimum absolute atomic E-state index is 0.0858. The van der Waals surface area contributed by atoms with Crippen LogP contribution in [0.4, 0.5) is 10.5 Å². The van der Waals surface area contributed by atoms with Crippen molar-refractivity contribution in [3.63, 3.8) is 0 Å². The maximum Gasteiger partial charge on any atom is 0.319 e. The molecule has 0 atom stereocenters. The van der Waals surface area contributed by atoms with E-state index in [1.54, 1.807) is 18.3 Å². The molecule has 120 valence electrons. The maximum atomic E-state index is 12.0. The van der Waals surface area contributed by atoms with E-state index in [1.165, 1.54) is 5.56 Å². The largest absolute Gasteiger partial charge is 0.338 e. The lowest BCUT2D eigenvalue weighted by Crippen LogP contribution is -2.34. The normalized spacial score (nSPS) is 13.3. The number of amides is 3. The quantitative estimate of drug-likeness (QED) is 0.909. The van der Waals surface area contributed by atoms with Gasteiger partial charge < -0.3 is 15.5 Å². The first-order valence-corrected chi connectivity index (χ1v) is 8.44. The second-order valence-electron chi connectivity index (χ2n) is 5.56. The van der Waals surface area contributed by atoms with Gasteiger partial charge in [0.2, 0.25) is 5.91 Å². The van der Waals surface area contributed by atoms with Crippen molar-refractivity contribution in [1.82, 2.24) is 10.2 Å². The van der Waals surface area contributed by atoms with Crippen molar-refractivity contribution >= 4 is 29.0 Å². The van der Waals surface area contributed by atoms with E-state index in [4.69, 9.17) is 0 Å². The van der Waals surface area contributed by atoms with E-state index in [1.807, 2.05) is 40.6 Å². The lowest BCUT2D eigenvalue weighted by atomic mass is 9.99. The number of carbonyl (C=O) groups excluding carboxylic acids is 2. The van der Waals surface area contributed by atoms with Gasteiger partial charge in [-0.15, -0.1) is 11.3 Å². The van der Waals surface area contributed by atoms with Gasteiger partial charge in [0.15, 0.2) is 0 Å². The van der Waals surface area contributed by atoms with Crippen molar-refractivity contribution in [3.8, 4) is 0 Å². The van der Waals surface area contributed by atoms with Crippen LogP contribution in [0.3, 0.4) is 0 Å². The minimum Gasteiger partial charge on any atom is -0.338 e. The fourth-order valence-electron chi connectivity index (χ4n) is 2.66.